The van der Waals surface area contributed by atoms with Gasteiger partial charge < -0.3 is 29.7 Å². The predicted molar refractivity (Wildman–Crippen MR) is 254 cm³/mol. The third-order valence-electron chi connectivity index (χ3n) is 16.2. The molecule has 0 saturated heterocycles. The number of fused-ring (bicyclic) bond motifs is 5. The number of alkyl carbamates (subject to hydrolysis) is 2. The average molecular weight is 884 g/mol. The summed E-state index contributed by atoms with van der Waals surface area (Å²) in [6, 6.07) is 0. The lowest BCUT2D eigenvalue weighted by molar-refractivity contribution is -0.153. The molecule has 4 rings (SSSR count). The molecule has 3 fully saturated rings. The topological polar surface area (TPSA) is 123 Å². The number of nitrogens with zero attached hydrogens (tertiary/aromatic N) is 1. The summed E-state index contributed by atoms with van der Waals surface area (Å²) in [4.78, 5) is 54.3. The summed E-state index contributed by atoms with van der Waals surface area (Å²) in [5, 5.41) is 5.88. The molecule has 3 unspecified atom stereocenters. The van der Waals surface area contributed by atoms with E-state index >= 15 is 0 Å². The second kappa shape index (κ2) is 20.8. The van der Waals surface area contributed by atoms with Gasteiger partial charge in [-0.3, -0.25) is 9.59 Å². The van der Waals surface area contributed by atoms with Crippen LogP contribution in [0.2, 0.25) is 0 Å². The van der Waals surface area contributed by atoms with Gasteiger partial charge in [-0.2, -0.15) is 0 Å². The standard InChI is InChI=1S/C53H93N3O7/c1-17-37(35(2)3)19-18-36(4)41-22-23-42-40-21-20-38-34-39(26-28-52(38,15)43(40)27-29-53(41,42)16)61-45(58)25-24-44(57)56(32-30-50(11,12)54-46(59)62-48(5,6)7)33-31-51(13,14)55-47(60)63-49(8,9)10/h20,35-37,39-43H,17-19,21-34H2,1-16H3,(H,54,59)(H,55,60)/t36-,37-,39+,40+,41?,42?,43?,52+,53-/m1/s1. The van der Waals surface area contributed by atoms with Crippen LogP contribution in [0.1, 0.15) is 207 Å². The summed E-state index contributed by atoms with van der Waals surface area (Å²) in [5.74, 6) is 4.99. The van der Waals surface area contributed by atoms with E-state index in [9.17, 15) is 19.2 Å². The van der Waals surface area contributed by atoms with E-state index in [0.29, 0.717) is 37.3 Å². The quantitative estimate of drug-likeness (QED) is 0.0798. The van der Waals surface area contributed by atoms with Crippen molar-refractivity contribution in [2.24, 2.45) is 52.3 Å². The number of hydrogen-bond donors (Lipinski definition) is 2. The molecule has 0 aliphatic heterocycles. The van der Waals surface area contributed by atoms with E-state index < -0.39 is 34.5 Å². The van der Waals surface area contributed by atoms with Crippen molar-refractivity contribution in [1.29, 1.82) is 0 Å². The van der Waals surface area contributed by atoms with E-state index in [2.05, 4.69) is 58.3 Å². The van der Waals surface area contributed by atoms with Crippen LogP contribution in [0.15, 0.2) is 11.6 Å². The van der Waals surface area contributed by atoms with Gasteiger partial charge in [-0.1, -0.05) is 66.0 Å². The Morgan fingerprint density at radius 2 is 1.33 bits per heavy atom. The largest absolute Gasteiger partial charge is 0.462 e. The summed E-state index contributed by atoms with van der Waals surface area (Å²) < 4.78 is 17.1. The summed E-state index contributed by atoms with van der Waals surface area (Å²) in [6.07, 6.45) is 15.6. The van der Waals surface area contributed by atoms with Gasteiger partial charge >= 0.3 is 18.2 Å². The molecule has 3 saturated carbocycles. The molecule has 0 radical (unpaired) electrons. The molecular weight excluding hydrogens is 791 g/mol. The predicted octanol–water partition coefficient (Wildman–Crippen LogP) is 12.6. The van der Waals surface area contributed by atoms with Crippen LogP contribution < -0.4 is 10.6 Å². The minimum Gasteiger partial charge on any atom is -0.462 e. The van der Waals surface area contributed by atoms with Crippen molar-refractivity contribution >= 4 is 24.1 Å². The van der Waals surface area contributed by atoms with Crippen LogP contribution >= 0.6 is 0 Å². The van der Waals surface area contributed by atoms with E-state index in [0.717, 1.165) is 61.2 Å². The van der Waals surface area contributed by atoms with Gasteiger partial charge in [0.25, 0.3) is 0 Å². The maximum atomic E-state index is 13.9. The highest BCUT2D eigenvalue weighted by Gasteiger charge is 2.59. The van der Waals surface area contributed by atoms with Crippen LogP contribution in [0.5, 0.6) is 0 Å². The molecule has 0 aromatic carbocycles. The summed E-state index contributed by atoms with van der Waals surface area (Å²) >= 11 is 0. The third kappa shape index (κ3) is 14.6. The number of amides is 3. The number of hydrogen-bond acceptors (Lipinski definition) is 7. The van der Waals surface area contributed by atoms with Gasteiger partial charge in [0.15, 0.2) is 0 Å². The van der Waals surface area contributed by atoms with Gasteiger partial charge in [0, 0.05) is 37.0 Å². The number of esters is 1. The number of carbonyl (C=O) groups excluding carboxylic acids is 4. The molecule has 0 aromatic rings. The Morgan fingerprint density at radius 1 is 0.762 bits per heavy atom. The minimum atomic E-state index is -0.672. The normalized spacial score (nSPS) is 28.4. The van der Waals surface area contributed by atoms with Crippen LogP contribution in [-0.4, -0.2) is 70.4 Å². The Hall–Kier alpha value is -2.78. The molecule has 9 atom stereocenters. The molecule has 10 heteroatoms. The SMILES string of the molecule is CC[C@H](CC[C@@H](C)C1CCC2[C@@H]3CC=C4C[C@@H](OC(=O)CCC(=O)N(CCC(C)(C)NC(=O)OC(C)(C)C)CCC(C)(C)NC(=O)OC(C)(C)C)CC[C@]4(C)C3CC[C@@]21C)C(C)C. The lowest BCUT2D eigenvalue weighted by Gasteiger charge is -2.58. The molecule has 10 nitrogen and oxygen atoms in total. The van der Waals surface area contributed by atoms with Gasteiger partial charge in [-0.15, -0.1) is 0 Å². The highest BCUT2D eigenvalue weighted by atomic mass is 16.6. The fraction of sp³-hybridized carbons (Fsp3) is 0.887. The lowest BCUT2D eigenvalue weighted by atomic mass is 9.47. The molecule has 63 heavy (non-hydrogen) atoms. The van der Waals surface area contributed by atoms with Gasteiger partial charge in [-0.25, -0.2) is 9.59 Å². The van der Waals surface area contributed by atoms with Gasteiger partial charge in [0.2, 0.25) is 5.91 Å². The van der Waals surface area contributed by atoms with Crippen molar-refractivity contribution in [2.75, 3.05) is 13.1 Å². The maximum absolute atomic E-state index is 13.9. The monoisotopic (exact) mass is 884 g/mol. The molecule has 4 aliphatic rings. The van der Waals surface area contributed by atoms with Crippen LogP contribution in [0.3, 0.4) is 0 Å². The first-order valence-corrected chi connectivity index (χ1v) is 25.2. The summed E-state index contributed by atoms with van der Waals surface area (Å²) in [6.45, 7) is 34.1. The highest BCUT2D eigenvalue weighted by Crippen LogP contribution is 2.67. The Morgan fingerprint density at radius 3 is 1.86 bits per heavy atom. The van der Waals surface area contributed by atoms with Crippen molar-refractivity contribution in [1.82, 2.24) is 15.5 Å². The summed E-state index contributed by atoms with van der Waals surface area (Å²) in [7, 11) is 0. The maximum Gasteiger partial charge on any atom is 0.408 e. The molecule has 2 N–H and O–H groups in total. The first kappa shape index (κ1) is 52.8. The zero-order chi connectivity index (χ0) is 47.3. The highest BCUT2D eigenvalue weighted by molar-refractivity contribution is 5.81. The van der Waals surface area contributed by atoms with Gasteiger partial charge in [0.1, 0.15) is 17.3 Å². The Kier molecular flexibility index (Phi) is 17.5. The number of allylic oxidation sites excluding steroid dienone is 1. The van der Waals surface area contributed by atoms with Crippen LogP contribution in [0, 0.1) is 52.3 Å². The van der Waals surface area contributed by atoms with Crippen molar-refractivity contribution in [3.8, 4) is 0 Å². The number of ether oxygens (including phenoxy) is 3. The van der Waals surface area contributed by atoms with E-state index in [1.807, 2.05) is 69.2 Å². The zero-order valence-corrected chi connectivity index (χ0v) is 43.0. The molecule has 362 valence electrons. The van der Waals surface area contributed by atoms with Gasteiger partial charge in [0.05, 0.1) is 6.42 Å². The lowest BCUT2D eigenvalue weighted by Crippen LogP contribution is -2.51. The van der Waals surface area contributed by atoms with Crippen molar-refractivity contribution in [3.05, 3.63) is 11.6 Å². The molecule has 0 aromatic heterocycles. The number of nitrogens with one attached hydrogen (secondary N) is 2. The van der Waals surface area contributed by atoms with Crippen LogP contribution in [-0.2, 0) is 23.8 Å². The Balaban J connectivity index is 1.34. The average Bonchev–Trinajstić information content (AvgIpc) is 3.49. The van der Waals surface area contributed by atoms with E-state index in [1.54, 1.807) is 4.90 Å². The van der Waals surface area contributed by atoms with Crippen molar-refractivity contribution < 1.29 is 33.4 Å². The third-order valence-corrected chi connectivity index (χ3v) is 16.2. The van der Waals surface area contributed by atoms with Crippen molar-refractivity contribution in [2.45, 2.75) is 235 Å². The molecule has 3 amide bonds. The Bertz CT molecular complexity index is 1560. The van der Waals surface area contributed by atoms with E-state index in [1.165, 1.54) is 50.5 Å². The van der Waals surface area contributed by atoms with Crippen molar-refractivity contribution in [3.63, 3.8) is 0 Å². The molecule has 0 heterocycles. The Labute approximate surface area is 384 Å². The second-order valence-corrected chi connectivity index (χ2v) is 24.7. The molecule has 0 spiro atoms. The molecule has 4 aliphatic carbocycles. The number of rotatable bonds is 18. The van der Waals surface area contributed by atoms with E-state index in [4.69, 9.17) is 14.2 Å². The first-order chi connectivity index (χ1) is 29.0. The summed E-state index contributed by atoms with van der Waals surface area (Å²) in [5.41, 5.74) is -0.523. The van der Waals surface area contributed by atoms with Gasteiger partial charge in [-0.05, 0) is 186 Å². The minimum absolute atomic E-state index is 0.00235. The molecular formula is C53H93N3O7. The second-order valence-electron chi connectivity index (χ2n) is 24.7. The zero-order valence-electron chi connectivity index (χ0n) is 43.0. The van der Waals surface area contributed by atoms with Crippen LogP contribution in [0.4, 0.5) is 9.59 Å². The fourth-order valence-corrected chi connectivity index (χ4v) is 12.5. The smallest absolute Gasteiger partial charge is 0.408 e. The first-order valence-electron chi connectivity index (χ1n) is 25.2. The van der Waals surface area contributed by atoms with E-state index in [-0.39, 0.29) is 36.2 Å². The fourth-order valence-electron chi connectivity index (χ4n) is 12.5. The van der Waals surface area contributed by atoms with Crippen LogP contribution in [0.25, 0.3) is 0 Å². The molecule has 0 bridgehead atoms. The number of carbonyl (C=O) groups is 4.